The average Bonchev–Trinajstić information content (AvgIpc) is 3.53. The van der Waals surface area contributed by atoms with Crippen LogP contribution in [0.15, 0.2) is 70.2 Å². The number of benzene rings is 2. The van der Waals surface area contributed by atoms with Crippen molar-refractivity contribution >= 4 is 17.8 Å². The Kier molecular flexibility index (Phi) is 7.76. The van der Waals surface area contributed by atoms with E-state index < -0.39 is 10.8 Å². The fourth-order valence-corrected chi connectivity index (χ4v) is 3.89. The molecule has 11 heteroatoms. The minimum Gasteiger partial charge on any atom is -0.493 e. The first-order chi connectivity index (χ1) is 18.3. The number of rotatable bonds is 10. The Morgan fingerprint density at radius 3 is 2.39 bits per heavy atom. The normalized spacial score (nSPS) is 10.9. The van der Waals surface area contributed by atoms with Gasteiger partial charge in [0.1, 0.15) is 18.1 Å². The molecule has 0 atom stereocenters. The van der Waals surface area contributed by atoms with Gasteiger partial charge in [0.25, 0.3) is 0 Å². The van der Waals surface area contributed by atoms with E-state index >= 15 is 0 Å². The molecule has 0 unspecified atom stereocenters. The van der Waals surface area contributed by atoms with Crippen molar-refractivity contribution in [2.24, 2.45) is 5.10 Å². The summed E-state index contributed by atoms with van der Waals surface area (Å²) in [5.41, 5.74) is 5.70. The van der Waals surface area contributed by atoms with Crippen molar-refractivity contribution in [1.29, 1.82) is 0 Å². The van der Waals surface area contributed by atoms with Crippen molar-refractivity contribution in [3.05, 3.63) is 99.2 Å². The summed E-state index contributed by atoms with van der Waals surface area (Å²) in [5, 5.41) is 15.2. The third kappa shape index (κ3) is 5.67. The zero-order valence-electron chi connectivity index (χ0n) is 21.3. The third-order valence-corrected chi connectivity index (χ3v) is 5.69. The highest BCUT2D eigenvalue weighted by Gasteiger charge is 2.21. The van der Waals surface area contributed by atoms with E-state index in [-0.39, 0.29) is 29.6 Å². The van der Waals surface area contributed by atoms with Gasteiger partial charge in [-0.3, -0.25) is 14.9 Å². The zero-order valence-corrected chi connectivity index (χ0v) is 21.3. The highest BCUT2D eigenvalue weighted by molar-refractivity contribution is 5.92. The first-order valence-electron chi connectivity index (χ1n) is 11.5. The number of aryl methyl sites for hydroxylation is 2. The third-order valence-electron chi connectivity index (χ3n) is 5.69. The van der Waals surface area contributed by atoms with Gasteiger partial charge in [-0.05, 0) is 68.4 Å². The van der Waals surface area contributed by atoms with E-state index in [0.717, 1.165) is 17.1 Å². The maximum atomic E-state index is 12.4. The lowest BCUT2D eigenvalue weighted by Gasteiger charge is -2.10. The lowest BCUT2D eigenvalue weighted by atomic mass is 10.2. The van der Waals surface area contributed by atoms with Crippen molar-refractivity contribution in [2.75, 3.05) is 14.2 Å². The molecule has 0 aliphatic carbocycles. The Morgan fingerprint density at radius 2 is 1.76 bits per heavy atom. The number of hydrogen-bond acceptors (Lipinski definition) is 8. The average molecular weight is 519 g/mol. The first-order valence-corrected chi connectivity index (χ1v) is 11.5. The number of furan rings is 1. The number of nitro groups is 1. The molecule has 2 aromatic carbocycles. The number of ether oxygens (including phenoxy) is 3. The lowest BCUT2D eigenvalue weighted by molar-refractivity contribution is -0.385. The molecule has 2 heterocycles. The van der Waals surface area contributed by atoms with Gasteiger partial charge in [0.2, 0.25) is 5.75 Å². The molecule has 196 valence electrons. The SMILES string of the molecule is COc1cc(/C=N/NC(=O)c2ccc(COc3ccc(-n4c(C)ccc4C)cc3)o2)cc([N+](=O)[O-])c1OC. The highest BCUT2D eigenvalue weighted by atomic mass is 16.6. The number of carbonyl (C=O) groups excluding carboxylic acids is 1. The molecule has 0 radical (unpaired) electrons. The second-order valence-electron chi connectivity index (χ2n) is 8.23. The summed E-state index contributed by atoms with van der Waals surface area (Å²) in [6.07, 6.45) is 1.25. The Balaban J connectivity index is 1.35. The maximum absolute atomic E-state index is 12.4. The van der Waals surface area contributed by atoms with E-state index in [2.05, 4.69) is 41.1 Å². The number of nitro benzene ring substituents is 1. The van der Waals surface area contributed by atoms with Crippen molar-refractivity contribution in [1.82, 2.24) is 9.99 Å². The van der Waals surface area contributed by atoms with Gasteiger partial charge in [-0.2, -0.15) is 5.10 Å². The number of nitrogens with zero attached hydrogens (tertiary/aromatic N) is 3. The molecule has 0 bridgehead atoms. The summed E-state index contributed by atoms with van der Waals surface area (Å²) in [4.78, 5) is 23.2. The standard InChI is InChI=1S/C27H26N4O7/c1-17-5-6-18(2)30(17)20-7-9-21(10-8-20)37-16-22-11-12-24(38-22)27(32)29-28-15-19-13-23(31(33)34)26(36-4)25(14-19)35-3/h5-15H,16H2,1-4H3,(H,29,32)/b28-15+. The quantitative estimate of drug-likeness (QED) is 0.178. The Bertz CT molecular complexity index is 1470. The molecule has 0 aliphatic rings. The van der Waals surface area contributed by atoms with Gasteiger partial charge in [-0.15, -0.1) is 0 Å². The van der Waals surface area contributed by atoms with Crippen LogP contribution in [0.4, 0.5) is 5.69 Å². The largest absolute Gasteiger partial charge is 0.493 e. The molecule has 4 rings (SSSR count). The fraction of sp³-hybridized carbons (Fsp3) is 0.185. The fourth-order valence-electron chi connectivity index (χ4n) is 3.89. The van der Waals surface area contributed by atoms with Crippen molar-refractivity contribution in [3.63, 3.8) is 0 Å². The number of amides is 1. The van der Waals surface area contributed by atoms with Gasteiger partial charge in [0.15, 0.2) is 11.5 Å². The summed E-state index contributed by atoms with van der Waals surface area (Å²) in [5.74, 6) is 0.709. The van der Waals surface area contributed by atoms with E-state index in [1.54, 1.807) is 6.07 Å². The molecular weight excluding hydrogens is 492 g/mol. The van der Waals surface area contributed by atoms with Gasteiger partial charge in [0, 0.05) is 28.7 Å². The molecule has 2 aromatic heterocycles. The van der Waals surface area contributed by atoms with E-state index in [4.69, 9.17) is 18.6 Å². The molecule has 0 saturated carbocycles. The van der Waals surface area contributed by atoms with Crippen LogP contribution in [0.3, 0.4) is 0 Å². The number of methoxy groups -OCH3 is 2. The van der Waals surface area contributed by atoms with Crippen molar-refractivity contribution in [2.45, 2.75) is 20.5 Å². The monoisotopic (exact) mass is 518 g/mol. The van der Waals surface area contributed by atoms with Crippen LogP contribution in [0, 0.1) is 24.0 Å². The van der Waals surface area contributed by atoms with Crippen LogP contribution in [0.2, 0.25) is 0 Å². The number of hydrazone groups is 1. The summed E-state index contributed by atoms with van der Waals surface area (Å²) in [7, 11) is 2.67. The Hall–Kier alpha value is -5.06. The number of nitrogens with one attached hydrogen (secondary N) is 1. The maximum Gasteiger partial charge on any atom is 0.315 e. The molecule has 0 spiro atoms. The van der Waals surface area contributed by atoms with Crippen LogP contribution in [0.1, 0.15) is 33.3 Å². The second-order valence-corrected chi connectivity index (χ2v) is 8.23. The van der Waals surface area contributed by atoms with Crippen molar-refractivity contribution < 1.29 is 28.3 Å². The molecule has 0 aliphatic heterocycles. The van der Waals surface area contributed by atoms with Crippen LogP contribution < -0.4 is 19.6 Å². The minimum atomic E-state index is -0.595. The molecule has 38 heavy (non-hydrogen) atoms. The number of hydrogen-bond donors (Lipinski definition) is 1. The molecule has 1 N–H and O–H groups in total. The van der Waals surface area contributed by atoms with Gasteiger partial charge >= 0.3 is 11.6 Å². The van der Waals surface area contributed by atoms with E-state index in [1.807, 2.05) is 24.3 Å². The lowest BCUT2D eigenvalue weighted by Crippen LogP contribution is -2.16. The van der Waals surface area contributed by atoms with Gasteiger partial charge in [-0.1, -0.05) is 0 Å². The first kappa shape index (κ1) is 26.0. The van der Waals surface area contributed by atoms with Gasteiger partial charge in [-0.25, -0.2) is 5.43 Å². The molecule has 0 fully saturated rings. The topological polar surface area (TPSA) is 130 Å². The molecule has 0 saturated heterocycles. The van der Waals surface area contributed by atoms with Crippen LogP contribution in [0.25, 0.3) is 5.69 Å². The Labute approximate surface area is 218 Å². The van der Waals surface area contributed by atoms with Crippen LogP contribution in [-0.4, -0.2) is 35.8 Å². The number of aromatic nitrogens is 1. The van der Waals surface area contributed by atoms with Crippen molar-refractivity contribution in [3.8, 4) is 22.9 Å². The van der Waals surface area contributed by atoms with Crippen LogP contribution in [0.5, 0.6) is 17.2 Å². The predicted molar refractivity (Wildman–Crippen MR) is 140 cm³/mol. The van der Waals surface area contributed by atoms with Crippen LogP contribution in [-0.2, 0) is 6.61 Å². The predicted octanol–water partition coefficient (Wildman–Crippen LogP) is 4.96. The van der Waals surface area contributed by atoms with Gasteiger partial charge < -0.3 is 23.2 Å². The smallest absolute Gasteiger partial charge is 0.315 e. The molecular formula is C27H26N4O7. The summed E-state index contributed by atoms with van der Waals surface area (Å²) in [6, 6.07) is 17.7. The zero-order chi connectivity index (χ0) is 27.2. The molecule has 4 aromatic rings. The minimum absolute atomic E-state index is 0.00828. The summed E-state index contributed by atoms with van der Waals surface area (Å²) < 4.78 is 23.7. The molecule has 11 nitrogen and oxygen atoms in total. The molecule has 1 amide bonds. The summed E-state index contributed by atoms with van der Waals surface area (Å²) in [6.45, 7) is 4.23. The summed E-state index contributed by atoms with van der Waals surface area (Å²) >= 11 is 0. The van der Waals surface area contributed by atoms with E-state index in [9.17, 15) is 14.9 Å². The Morgan fingerprint density at radius 1 is 1.05 bits per heavy atom. The highest BCUT2D eigenvalue weighted by Crippen LogP contribution is 2.37. The van der Waals surface area contributed by atoms with Gasteiger partial charge in [0.05, 0.1) is 25.4 Å². The second kappa shape index (κ2) is 11.3. The van der Waals surface area contributed by atoms with E-state index in [1.165, 1.54) is 38.6 Å². The van der Waals surface area contributed by atoms with E-state index in [0.29, 0.717) is 17.1 Å². The number of carbonyl (C=O) groups is 1. The van der Waals surface area contributed by atoms with Crippen LogP contribution >= 0.6 is 0 Å².